The van der Waals surface area contributed by atoms with Crippen LogP contribution in [0.25, 0.3) is 11.4 Å². The summed E-state index contributed by atoms with van der Waals surface area (Å²) < 4.78 is 0. The van der Waals surface area contributed by atoms with E-state index in [1.807, 2.05) is 70.2 Å². The highest BCUT2D eigenvalue weighted by atomic mass is 32.2. The van der Waals surface area contributed by atoms with Crippen molar-refractivity contribution in [1.82, 2.24) is 15.2 Å². The van der Waals surface area contributed by atoms with Crippen molar-refractivity contribution in [2.75, 3.05) is 0 Å². The lowest BCUT2D eigenvalue weighted by atomic mass is 10.0. The van der Waals surface area contributed by atoms with Crippen LogP contribution in [0.2, 0.25) is 0 Å². The first kappa shape index (κ1) is 17.4. The zero-order valence-electron chi connectivity index (χ0n) is 14.8. The Morgan fingerprint density at radius 1 is 1.04 bits per heavy atom. The number of nitrogens with zero attached hydrogens (tertiary/aromatic N) is 2. The molecule has 3 aromatic rings. The van der Waals surface area contributed by atoms with Crippen molar-refractivity contribution in [3.8, 4) is 11.4 Å². The van der Waals surface area contributed by atoms with E-state index in [2.05, 4.69) is 15.2 Å². The molecule has 0 aliphatic rings. The van der Waals surface area contributed by atoms with Gasteiger partial charge in [-0.15, -0.1) is 5.10 Å². The smallest absolute Gasteiger partial charge is 0.209 e. The first-order valence-electron chi connectivity index (χ1n) is 8.21. The van der Waals surface area contributed by atoms with Gasteiger partial charge in [-0.1, -0.05) is 53.7 Å². The molecule has 5 heteroatoms. The maximum atomic E-state index is 12.6. The van der Waals surface area contributed by atoms with Gasteiger partial charge in [0.2, 0.25) is 5.16 Å². The summed E-state index contributed by atoms with van der Waals surface area (Å²) in [4.78, 5) is 17.1. The lowest BCUT2D eigenvalue weighted by Gasteiger charge is -2.09. The number of hydrogen-bond acceptors (Lipinski definition) is 4. The van der Waals surface area contributed by atoms with Crippen LogP contribution in [-0.2, 0) is 0 Å². The summed E-state index contributed by atoms with van der Waals surface area (Å²) in [7, 11) is 0. The molecular weight excluding hydrogens is 330 g/mol. The molecule has 0 unspecified atom stereocenters. The van der Waals surface area contributed by atoms with Crippen molar-refractivity contribution in [2.45, 2.75) is 38.1 Å². The van der Waals surface area contributed by atoms with E-state index in [4.69, 9.17) is 0 Å². The third-order valence-electron chi connectivity index (χ3n) is 4.23. The maximum absolute atomic E-state index is 12.6. The lowest BCUT2D eigenvalue weighted by molar-refractivity contribution is 0.0994. The van der Waals surface area contributed by atoms with Crippen molar-refractivity contribution in [3.05, 3.63) is 64.7 Å². The topological polar surface area (TPSA) is 58.6 Å². The van der Waals surface area contributed by atoms with Crippen LogP contribution in [-0.4, -0.2) is 26.2 Å². The zero-order valence-corrected chi connectivity index (χ0v) is 15.6. The number of aryl methyl sites for hydroxylation is 3. The average Bonchev–Trinajstić information content (AvgIpc) is 3.05. The van der Waals surface area contributed by atoms with Crippen LogP contribution in [0.15, 0.2) is 47.6 Å². The van der Waals surface area contributed by atoms with Crippen LogP contribution in [0.1, 0.15) is 34.0 Å². The van der Waals surface area contributed by atoms with E-state index >= 15 is 0 Å². The van der Waals surface area contributed by atoms with Gasteiger partial charge in [-0.2, -0.15) is 0 Å². The van der Waals surface area contributed by atoms with E-state index in [9.17, 15) is 4.79 Å². The first-order valence-corrected chi connectivity index (χ1v) is 9.09. The highest BCUT2D eigenvalue weighted by Crippen LogP contribution is 2.25. The number of hydrogen-bond donors (Lipinski definition) is 1. The number of carbonyl (C=O) groups excluding carboxylic acids is 1. The van der Waals surface area contributed by atoms with E-state index < -0.39 is 0 Å². The van der Waals surface area contributed by atoms with Gasteiger partial charge in [0.25, 0.3) is 0 Å². The Morgan fingerprint density at radius 3 is 2.44 bits per heavy atom. The molecule has 2 aromatic carbocycles. The number of aromatic amines is 1. The summed E-state index contributed by atoms with van der Waals surface area (Å²) in [6.45, 7) is 8.00. The van der Waals surface area contributed by atoms with Crippen LogP contribution in [0.4, 0.5) is 0 Å². The van der Waals surface area contributed by atoms with Crippen molar-refractivity contribution in [3.63, 3.8) is 0 Å². The Kier molecular flexibility index (Phi) is 5.04. The molecule has 0 bridgehead atoms. The fourth-order valence-electron chi connectivity index (χ4n) is 2.48. The number of rotatable bonds is 5. The van der Waals surface area contributed by atoms with Crippen LogP contribution >= 0.6 is 11.8 Å². The van der Waals surface area contributed by atoms with E-state index in [1.165, 1.54) is 22.9 Å². The number of thioether (sulfide) groups is 1. The molecule has 0 aliphatic heterocycles. The molecule has 0 spiro atoms. The molecule has 0 amide bonds. The number of aromatic nitrogens is 3. The number of ketones is 1. The fourth-order valence-corrected chi connectivity index (χ4v) is 3.28. The highest BCUT2D eigenvalue weighted by molar-refractivity contribution is 8.00. The second-order valence-corrected chi connectivity index (χ2v) is 7.56. The molecule has 3 rings (SSSR count). The molecule has 0 saturated carbocycles. The van der Waals surface area contributed by atoms with Gasteiger partial charge in [0.1, 0.15) is 0 Å². The van der Waals surface area contributed by atoms with E-state index in [0.29, 0.717) is 11.0 Å². The molecule has 4 nitrogen and oxygen atoms in total. The van der Waals surface area contributed by atoms with Crippen LogP contribution in [0, 0.1) is 20.8 Å². The van der Waals surface area contributed by atoms with Crippen molar-refractivity contribution >= 4 is 17.5 Å². The largest absolute Gasteiger partial charge is 0.293 e. The molecule has 0 radical (unpaired) electrons. The number of benzene rings is 2. The maximum Gasteiger partial charge on any atom is 0.209 e. The molecule has 1 heterocycles. The minimum absolute atomic E-state index is 0.0924. The molecule has 1 atom stereocenters. The van der Waals surface area contributed by atoms with E-state index in [1.54, 1.807) is 0 Å². The SMILES string of the molecule is Cc1ccc(-c2nc(S[C@@H](C)C(=O)c3ccc(C)c(C)c3)n[nH]2)cc1. The minimum Gasteiger partial charge on any atom is -0.293 e. The Morgan fingerprint density at radius 2 is 1.76 bits per heavy atom. The molecule has 0 saturated heterocycles. The van der Waals surface area contributed by atoms with Gasteiger partial charge in [-0.25, -0.2) is 4.98 Å². The summed E-state index contributed by atoms with van der Waals surface area (Å²) in [6.07, 6.45) is 0. The number of H-pyrrole nitrogens is 1. The Balaban J connectivity index is 1.72. The predicted molar refractivity (Wildman–Crippen MR) is 102 cm³/mol. The fraction of sp³-hybridized carbons (Fsp3) is 0.250. The van der Waals surface area contributed by atoms with Crippen molar-refractivity contribution in [2.24, 2.45) is 0 Å². The summed E-state index contributed by atoms with van der Waals surface area (Å²) in [5, 5.41) is 7.52. The van der Waals surface area contributed by atoms with Gasteiger partial charge in [0.05, 0.1) is 5.25 Å². The van der Waals surface area contributed by atoms with Gasteiger partial charge in [-0.05, 0) is 44.9 Å². The third kappa shape index (κ3) is 3.99. The van der Waals surface area contributed by atoms with E-state index in [0.717, 1.165) is 16.7 Å². The summed E-state index contributed by atoms with van der Waals surface area (Å²) in [5.74, 6) is 0.808. The second kappa shape index (κ2) is 7.23. The lowest BCUT2D eigenvalue weighted by Crippen LogP contribution is -2.14. The van der Waals surface area contributed by atoms with Crippen molar-refractivity contribution in [1.29, 1.82) is 0 Å². The molecule has 0 fully saturated rings. The van der Waals surface area contributed by atoms with Gasteiger partial charge >= 0.3 is 0 Å². The highest BCUT2D eigenvalue weighted by Gasteiger charge is 2.19. The first-order chi connectivity index (χ1) is 11.9. The molecule has 128 valence electrons. The average molecular weight is 351 g/mol. The number of nitrogens with one attached hydrogen (secondary N) is 1. The van der Waals surface area contributed by atoms with Crippen LogP contribution in [0.3, 0.4) is 0 Å². The van der Waals surface area contributed by atoms with Gasteiger partial charge in [-0.3, -0.25) is 9.89 Å². The van der Waals surface area contributed by atoms with Crippen LogP contribution in [0.5, 0.6) is 0 Å². The third-order valence-corrected chi connectivity index (χ3v) is 5.19. The molecule has 1 aromatic heterocycles. The second-order valence-electron chi connectivity index (χ2n) is 6.26. The monoisotopic (exact) mass is 351 g/mol. The molecule has 1 N–H and O–H groups in total. The Hall–Kier alpha value is -2.40. The predicted octanol–water partition coefficient (Wildman–Crippen LogP) is 4.76. The quantitative estimate of drug-likeness (QED) is 0.532. The van der Waals surface area contributed by atoms with Gasteiger partial charge < -0.3 is 0 Å². The summed E-state index contributed by atoms with van der Waals surface area (Å²) in [6, 6.07) is 13.9. The number of carbonyl (C=O) groups is 1. The number of Topliss-reactive ketones (excluding diaryl/α,β-unsaturated/α-hetero) is 1. The molecule has 25 heavy (non-hydrogen) atoms. The van der Waals surface area contributed by atoms with E-state index in [-0.39, 0.29) is 11.0 Å². The summed E-state index contributed by atoms with van der Waals surface area (Å²) >= 11 is 1.37. The van der Waals surface area contributed by atoms with Gasteiger partial charge in [0.15, 0.2) is 11.6 Å². The van der Waals surface area contributed by atoms with Crippen LogP contribution < -0.4 is 0 Å². The Bertz CT molecular complexity index is 900. The molecular formula is C20H21N3OS. The molecule has 0 aliphatic carbocycles. The van der Waals surface area contributed by atoms with Crippen molar-refractivity contribution < 1.29 is 4.79 Å². The van der Waals surface area contributed by atoms with Gasteiger partial charge in [0, 0.05) is 11.1 Å². The minimum atomic E-state index is -0.247. The zero-order chi connectivity index (χ0) is 18.0. The standard InChI is InChI=1S/C20H21N3OS/c1-12-5-8-16(9-6-12)19-21-20(23-22-19)25-15(4)18(24)17-10-7-13(2)14(3)11-17/h5-11,15H,1-4H3,(H,21,22,23)/t15-/m0/s1. The summed E-state index contributed by atoms with van der Waals surface area (Å²) in [5.41, 5.74) is 5.23. The normalized spacial score (nSPS) is 12.2. The Labute approximate surface area is 152 Å².